The molecule has 0 amide bonds. The fraction of sp³-hybridized carbons (Fsp3) is 0.615. The van der Waals surface area contributed by atoms with Crippen LogP contribution in [0.25, 0.3) is 11.2 Å². The summed E-state index contributed by atoms with van der Waals surface area (Å²) in [6.45, 7) is 7.28. The fourth-order valence-electron chi connectivity index (χ4n) is 1.64. The van der Waals surface area contributed by atoms with Crippen LogP contribution in [0, 0.1) is 0 Å². The van der Waals surface area contributed by atoms with Crippen LogP contribution in [0.2, 0.25) is 0 Å². The second kappa shape index (κ2) is 6.04. The summed E-state index contributed by atoms with van der Waals surface area (Å²) >= 11 is 0. The molecule has 0 fully saturated rings. The predicted octanol–water partition coefficient (Wildman–Crippen LogP) is 1.98. The minimum atomic E-state index is -0.218. The van der Waals surface area contributed by atoms with Gasteiger partial charge in [0.15, 0.2) is 5.65 Å². The molecular formula is C13H21N5O2. The summed E-state index contributed by atoms with van der Waals surface area (Å²) in [7, 11) is 1.70. The van der Waals surface area contributed by atoms with Crippen molar-refractivity contribution in [3.8, 4) is 5.88 Å². The molecule has 0 aromatic carbocycles. The zero-order chi connectivity index (χ0) is 14.6. The maximum absolute atomic E-state index is 5.76. The zero-order valence-electron chi connectivity index (χ0n) is 12.4. The number of H-pyrrole nitrogens is 1. The molecule has 110 valence electrons. The lowest BCUT2D eigenvalue weighted by molar-refractivity contribution is 0.00522. The predicted molar refractivity (Wildman–Crippen MR) is 77.0 cm³/mol. The first-order valence-corrected chi connectivity index (χ1v) is 6.68. The van der Waals surface area contributed by atoms with Crippen LogP contribution in [0.5, 0.6) is 5.88 Å². The van der Waals surface area contributed by atoms with E-state index in [1.807, 2.05) is 20.8 Å². The SMILES string of the molecule is CCNc1nc(OCCC(C)(C)OC)c2[nH]cnc2n1. The van der Waals surface area contributed by atoms with Gasteiger partial charge in [-0.25, -0.2) is 4.98 Å². The Bertz CT molecular complexity index is 567. The molecule has 2 aromatic rings. The van der Waals surface area contributed by atoms with Gasteiger partial charge in [-0.05, 0) is 20.8 Å². The van der Waals surface area contributed by atoms with Gasteiger partial charge >= 0.3 is 0 Å². The van der Waals surface area contributed by atoms with Crippen molar-refractivity contribution < 1.29 is 9.47 Å². The standard InChI is InChI=1S/C13H21N5O2/c1-5-14-12-17-10-9(15-8-16-10)11(18-12)20-7-6-13(2,3)19-4/h8H,5-7H2,1-4H3,(H2,14,15,16,17,18). The number of methoxy groups -OCH3 is 1. The number of ether oxygens (including phenoxy) is 2. The molecule has 0 radical (unpaired) electrons. The summed E-state index contributed by atoms with van der Waals surface area (Å²) in [4.78, 5) is 15.8. The second-order valence-corrected chi connectivity index (χ2v) is 5.05. The molecule has 7 nitrogen and oxygen atoms in total. The van der Waals surface area contributed by atoms with E-state index >= 15 is 0 Å². The smallest absolute Gasteiger partial charge is 0.245 e. The largest absolute Gasteiger partial charge is 0.476 e. The van der Waals surface area contributed by atoms with Gasteiger partial charge in [0.05, 0.1) is 18.5 Å². The van der Waals surface area contributed by atoms with Gasteiger partial charge in [0.2, 0.25) is 11.8 Å². The Morgan fingerprint density at radius 1 is 1.35 bits per heavy atom. The Labute approximate surface area is 118 Å². The van der Waals surface area contributed by atoms with Crippen LogP contribution in [0.4, 0.5) is 5.95 Å². The molecule has 0 aliphatic carbocycles. The third-order valence-electron chi connectivity index (χ3n) is 3.08. The third kappa shape index (κ3) is 3.36. The van der Waals surface area contributed by atoms with Crippen LogP contribution >= 0.6 is 0 Å². The first-order valence-electron chi connectivity index (χ1n) is 6.68. The van der Waals surface area contributed by atoms with Crippen molar-refractivity contribution >= 4 is 17.1 Å². The zero-order valence-corrected chi connectivity index (χ0v) is 12.4. The molecule has 20 heavy (non-hydrogen) atoms. The van der Waals surface area contributed by atoms with Gasteiger partial charge in [0.25, 0.3) is 0 Å². The Kier molecular flexibility index (Phi) is 4.39. The molecule has 7 heteroatoms. The summed E-state index contributed by atoms with van der Waals surface area (Å²) in [5.74, 6) is 1.03. The molecule has 2 N–H and O–H groups in total. The van der Waals surface area contributed by atoms with Crippen molar-refractivity contribution in [3.05, 3.63) is 6.33 Å². The third-order valence-corrected chi connectivity index (χ3v) is 3.08. The van der Waals surface area contributed by atoms with Gasteiger partial charge in [-0.1, -0.05) is 0 Å². The highest BCUT2D eigenvalue weighted by atomic mass is 16.5. The lowest BCUT2D eigenvalue weighted by Crippen LogP contribution is -2.25. The van der Waals surface area contributed by atoms with E-state index in [-0.39, 0.29) is 5.60 Å². The lowest BCUT2D eigenvalue weighted by Gasteiger charge is -2.22. The van der Waals surface area contributed by atoms with Gasteiger partial charge in [-0.2, -0.15) is 9.97 Å². The lowest BCUT2D eigenvalue weighted by atomic mass is 10.1. The molecule has 2 rings (SSSR count). The van der Waals surface area contributed by atoms with Gasteiger partial charge in [-0.3, -0.25) is 0 Å². The molecule has 0 atom stereocenters. The van der Waals surface area contributed by atoms with Crippen molar-refractivity contribution in [3.63, 3.8) is 0 Å². The van der Waals surface area contributed by atoms with E-state index in [1.54, 1.807) is 13.4 Å². The summed E-state index contributed by atoms with van der Waals surface area (Å²) in [5, 5.41) is 3.07. The topological polar surface area (TPSA) is 85.0 Å². The fourth-order valence-corrected chi connectivity index (χ4v) is 1.64. The molecule has 2 aromatic heterocycles. The average Bonchev–Trinajstić information content (AvgIpc) is 2.87. The van der Waals surface area contributed by atoms with E-state index in [2.05, 4.69) is 25.3 Å². The Hall–Kier alpha value is -1.89. The molecule has 0 bridgehead atoms. The number of fused-ring (bicyclic) bond motifs is 1. The number of nitrogens with zero attached hydrogens (tertiary/aromatic N) is 3. The summed E-state index contributed by atoms with van der Waals surface area (Å²) in [6, 6.07) is 0. The normalized spacial score (nSPS) is 11.8. The number of aromatic nitrogens is 4. The van der Waals surface area contributed by atoms with E-state index in [0.29, 0.717) is 29.6 Å². The maximum atomic E-state index is 5.76. The summed E-state index contributed by atoms with van der Waals surface area (Å²) in [5.41, 5.74) is 1.09. The highest BCUT2D eigenvalue weighted by molar-refractivity contribution is 5.76. The van der Waals surface area contributed by atoms with Crippen LogP contribution in [-0.4, -0.2) is 45.8 Å². The van der Waals surface area contributed by atoms with E-state index in [1.165, 1.54) is 0 Å². The van der Waals surface area contributed by atoms with Gasteiger partial charge in [0.1, 0.15) is 5.52 Å². The van der Waals surface area contributed by atoms with Crippen LogP contribution in [0.3, 0.4) is 0 Å². The molecular weight excluding hydrogens is 258 g/mol. The van der Waals surface area contributed by atoms with Gasteiger partial charge in [-0.15, -0.1) is 0 Å². The minimum absolute atomic E-state index is 0.218. The number of nitrogens with one attached hydrogen (secondary N) is 2. The van der Waals surface area contributed by atoms with E-state index in [9.17, 15) is 0 Å². The number of rotatable bonds is 7. The number of imidazole rings is 1. The second-order valence-electron chi connectivity index (χ2n) is 5.05. The molecule has 0 unspecified atom stereocenters. The summed E-state index contributed by atoms with van der Waals surface area (Å²) in [6.07, 6.45) is 2.35. The number of anilines is 1. The maximum Gasteiger partial charge on any atom is 0.245 e. The monoisotopic (exact) mass is 279 g/mol. The highest BCUT2D eigenvalue weighted by Gasteiger charge is 2.17. The van der Waals surface area contributed by atoms with Gasteiger partial charge in [0, 0.05) is 20.1 Å². The van der Waals surface area contributed by atoms with Crippen molar-refractivity contribution in [2.45, 2.75) is 32.8 Å². The Morgan fingerprint density at radius 2 is 2.15 bits per heavy atom. The Balaban J connectivity index is 2.13. The molecule has 0 saturated carbocycles. The van der Waals surface area contributed by atoms with Crippen molar-refractivity contribution in [1.29, 1.82) is 0 Å². The van der Waals surface area contributed by atoms with Crippen molar-refractivity contribution in [2.75, 3.05) is 25.6 Å². The molecule has 0 aliphatic rings. The quantitative estimate of drug-likeness (QED) is 0.806. The first-order chi connectivity index (χ1) is 9.55. The molecule has 2 heterocycles. The first kappa shape index (κ1) is 14.5. The van der Waals surface area contributed by atoms with Crippen LogP contribution < -0.4 is 10.1 Å². The number of aromatic amines is 1. The van der Waals surface area contributed by atoms with Gasteiger partial charge < -0.3 is 19.8 Å². The Morgan fingerprint density at radius 3 is 2.85 bits per heavy atom. The molecule has 0 saturated heterocycles. The average molecular weight is 279 g/mol. The van der Waals surface area contributed by atoms with Crippen LogP contribution in [0.1, 0.15) is 27.2 Å². The van der Waals surface area contributed by atoms with Crippen LogP contribution in [0.15, 0.2) is 6.33 Å². The van der Waals surface area contributed by atoms with E-state index in [0.717, 1.165) is 13.0 Å². The highest BCUT2D eigenvalue weighted by Crippen LogP contribution is 2.22. The molecule has 0 aliphatic heterocycles. The van der Waals surface area contributed by atoms with Crippen LogP contribution in [-0.2, 0) is 4.74 Å². The van der Waals surface area contributed by atoms with E-state index in [4.69, 9.17) is 9.47 Å². The number of hydrogen-bond donors (Lipinski definition) is 2. The van der Waals surface area contributed by atoms with Crippen molar-refractivity contribution in [1.82, 2.24) is 19.9 Å². The van der Waals surface area contributed by atoms with E-state index < -0.39 is 0 Å². The number of hydrogen-bond acceptors (Lipinski definition) is 6. The minimum Gasteiger partial charge on any atom is -0.476 e. The molecule has 0 spiro atoms. The summed E-state index contributed by atoms with van der Waals surface area (Å²) < 4.78 is 11.1. The van der Waals surface area contributed by atoms with Crippen molar-refractivity contribution in [2.24, 2.45) is 0 Å².